The summed E-state index contributed by atoms with van der Waals surface area (Å²) in [5.41, 5.74) is 2.42. The molecule has 6 nitrogen and oxygen atoms in total. The Balaban J connectivity index is 2.05. The van der Waals surface area contributed by atoms with Gasteiger partial charge in [-0.1, -0.05) is 55.1 Å². The van der Waals surface area contributed by atoms with Crippen molar-refractivity contribution in [3.8, 4) is 0 Å². The molecule has 3 aromatic rings. The molecule has 2 aromatic carbocycles. The largest absolute Gasteiger partial charge is 0.755 e. The first-order chi connectivity index (χ1) is 14.0. The lowest BCUT2D eigenvalue weighted by Gasteiger charge is -2.28. The number of hydrogen-bond acceptors (Lipinski definition) is 5. The minimum Gasteiger partial charge on any atom is -0.755 e. The number of anilines is 2. The number of aromatic nitrogens is 1. The van der Waals surface area contributed by atoms with Crippen molar-refractivity contribution in [2.75, 3.05) is 4.31 Å². The molecule has 3 rings (SSSR count). The molecular weight excluding hydrogens is 388 g/mol. The van der Waals surface area contributed by atoms with Crippen LogP contribution in [0.3, 0.4) is 0 Å². The molecule has 0 aliphatic heterocycles. The molecule has 7 heteroatoms. The third kappa shape index (κ3) is 4.59. The van der Waals surface area contributed by atoms with E-state index in [1.165, 1.54) is 6.20 Å². The molecule has 0 amide bonds. The van der Waals surface area contributed by atoms with Gasteiger partial charge in [-0.15, -0.1) is 0 Å². The first-order valence-electron chi connectivity index (χ1n) is 8.80. The van der Waals surface area contributed by atoms with Crippen LogP contribution in [0.15, 0.2) is 73.4 Å². The highest BCUT2D eigenvalue weighted by Gasteiger charge is 2.24. The number of esters is 1. The topological polar surface area (TPSA) is 82.6 Å². The molecule has 0 N–H and O–H groups in total. The fourth-order valence-corrected chi connectivity index (χ4v) is 3.48. The van der Waals surface area contributed by atoms with E-state index in [0.29, 0.717) is 11.1 Å². The van der Waals surface area contributed by atoms with Crippen LogP contribution in [-0.2, 0) is 22.6 Å². The van der Waals surface area contributed by atoms with Gasteiger partial charge in [0.05, 0.1) is 22.5 Å². The van der Waals surface area contributed by atoms with Crippen LogP contribution >= 0.6 is 0 Å². The predicted molar refractivity (Wildman–Crippen MR) is 112 cm³/mol. The van der Waals surface area contributed by atoms with Crippen LogP contribution in [0.25, 0.3) is 6.08 Å². The van der Waals surface area contributed by atoms with Crippen LogP contribution in [0, 0.1) is 6.92 Å². The van der Waals surface area contributed by atoms with Crippen molar-refractivity contribution in [3.05, 3.63) is 95.7 Å². The second kappa shape index (κ2) is 9.27. The van der Waals surface area contributed by atoms with E-state index < -0.39 is 17.2 Å². The van der Waals surface area contributed by atoms with Gasteiger partial charge < -0.3 is 9.29 Å². The van der Waals surface area contributed by atoms with Gasteiger partial charge in [0, 0.05) is 6.20 Å². The highest BCUT2D eigenvalue weighted by atomic mass is 32.2. The van der Waals surface area contributed by atoms with E-state index >= 15 is 0 Å². The molecule has 1 unspecified atom stereocenters. The van der Waals surface area contributed by atoms with Gasteiger partial charge in [-0.05, 0) is 41.8 Å². The average molecular weight is 407 g/mol. The standard InChI is InChI=1S/C22H20N2O4S/c1-3-18-12-13-19(24(29(26)27)20-11-7-8-14-23-20)21(16(18)2)22(25)28-15-17-9-5-4-6-10-17/h3-14H,1,15H2,2H3,(H,26,27)/p-1. The molecular formula is C22H19N2O4S-. The highest BCUT2D eigenvalue weighted by molar-refractivity contribution is 7.81. The van der Waals surface area contributed by atoms with E-state index in [2.05, 4.69) is 11.6 Å². The third-order valence-electron chi connectivity index (χ3n) is 4.35. The molecule has 0 saturated carbocycles. The van der Waals surface area contributed by atoms with Gasteiger partial charge in [0.25, 0.3) is 0 Å². The van der Waals surface area contributed by atoms with Crippen LogP contribution in [0.5, 0.6) is 0 Å². The summed E-state index contributed by atoms with van der Waals surface area (Å²) in [6.07, 6.45) is 3.08. The van der Waals surface area contributed by atoms with Crippen molar-refractivity contribution >= 4 is 34.8 Å². The zero-order valence-corrected chi connectivity index (χ0v) is 16.6. The lowest BCUT2D eigenvalue weighted by atomic mass is 10.00. The van der Waals surface area contributed by atoms with Gasteiger partial charge in [0.15, 0.2) is 0 Å². The Bertz CT molecular complexity index is 1040. The summed E-state index contributed by atoms with van der Waals surface area (Å²) in [6, 6.07) is 17.4. The average Bonchev–Trinajstić information content (AvgIpc) is 2.74. The molecule has 0 radical (unpaired) electrons. The zero-order chi connectivity index (χ0) is 20.8. The van der Waals surface area contributed by atoms with E-state index in [1.807, 2.05) is 30.3 Å². The van der Waals surface area contributed by atoms with Gasteiger partial charge in [-0.25, -0.2) is 9.78 Å². The van der Waals surface area contributed by atoms with Crippen molar-refractivity contribution in [1.29, 1.82) is 0 Å². The molecule has 29 heavy (non-hydrogen) atoms. The van der Waals surface area contributed by atoms with E-state index in [0.717, 1.165) is 9.87 Å². The van der Waals surface area contributed by atoms with Crippen LogP contribution in [0.1, 0.15) is 27.0 Å². The molecule has 1 atom stereocenters. The normalized spacial score (nSPS) is 11.5. The Morgan fingerprint density at radius 3 is 2.52 bits per heavy atom. The Kier molecular flexibility index (Phi) is 6.54. The number of nitrogens with zero attached hydrogens (tertiary/aromatic N) is 2. The molecule has 0 bridgehead atoms. The molecule has 0 aliphatic rings. The maximum atomic E-state index is 13.0. The van der Waals surface area contributed by atoms with Crippen molar-refractivity contribution in [1.82, 2.24) is 4.98 Å². The molecule has 1 aromatic heterocycles. The molecule has 148 valence electrons. The summed E-state index contributed by atoms with van der Waals surface area (Å²) in [5, 5.41) is 0. The van der Waals surface area contributed by atoms with Crippen LogP contribution in [0.4, 0.5) is 11.5 Å². The molecule has 0 saturated heterocycles. The van der Waals surface area contributed by atoms with E-state index in [-0.39, 0.29) is 23.7 Å². The number of pyridine rings is 1. The third-order valence-corrected chi connectivity index (χ3v) is 5.03. The first-order valence-corrected chi connectivity index (χ1v) is 9.83. The highest BCUT2D eigenvalue weighted by Crippen LogP contribution is 2.33. The van der Waals surface area contributed by atoms with Crippen LogP contribution in [0.2, 0.25) is 0 Å². The number of hydrogen-bond donors (Lipinski definition) is 0. The lowest BCUT2D eigenvalue weighted by Crippen LogP contribution is -2.24. The maximum absolute atomic E-state index is 13.0. The smallest absolute Gasteiger partial charge is 0.340 e. The van der Waals surface area contributed by atoms with Gasteiger partial charge in [-0.3, -0.25) is 8.51 Å². The molecule has 0 fully saturated rings. The second-order valence-corrected chi connectivity index (χ2v) is 6.94. The van der Waals surface area contributed by atoms with E-state index in [9.17, 15) is 13.6 Å². The van der Waals surface area contributed by atoms with E-state index in [4.69, 9.17) is 4.74 Å². The SMILES string of the molecule is C=Cc1ccc(N(c2ccccn2)S(=O)[O-])c(C(=O)OCc2ccccc2)c1C. The summed E-state index contributed by atoms with van der Waals surface area (Å²) < 4.78 is 30.5. The summed E-state index contributed by atoms with van der Waals surface area (Å²) in [5.74, 6) is -0.458. The number of carbonyl (C=O) groups excluding carboxylic acids is 1. The molecule has 0 aliphatic carbocycles. The number of benzene rings is 2. The summed E-state index contributed by atoms with van der Waals surface area (Å²) >= 11 is -2.70. The fourth-order valence-electron chi connectivity index (χ4n) is 2.91. The predicted octanol–water partition coefficient (Wildman–Crippen LogP) is 4.32. The van der Waals surface area contributed by atoms with Crippen molar-refractivity contribution in [3.63, 3.8) is 0 Å². The van der Waals surface area contributed by atoms with Gasteiger partial charge in [-0.2, -0.15) is 0 Å². The second-order valence-electron chi connectivity index (χ2n) is 6.14. The zero-order valence-electron chi connectivity index (χ0n) is 15.8. The molecule has 1 heterocycles. The Labute approximate surface area is 171 Å². The first kappa shape index (κ1) is 20.4. The Hall–Kier alpha value is -3.29. The minimum atomic E-state index is -2.70. The van der Waals surface area contributed by atoms with Crippen molar-refractivity contribution in [2.45, 2.75) is 13.5 Å². The quantitative estimate of drug-likeness (QED) is 0.430. The van der Waals surface area contributed by atoms with Gasteiger partial charge >= 0.3 is 5.97 Å². The Morgan fingerprint density at radius 1 is 1.17 bits per heavy atom. The summed E-state index contributed by atoms with van der Waals surface area (Å²) in [7, 11) is 0. The number of ether oxygens (including phenoxy) is 1. The van der Waals surface area contributed by atoms with Crippen LogP contribution < -0.4 is 4.31 Å². The van der Waals surface area contributed by atoms with E-state index in [1.54, 1.807) is 43.3 Å². The minimum absolute atomic E-state index is 0.0704. The monoisotopic (exact) mass is 407 g/mol. The fraction of sp³-hybridized carbons (Fsp3) is 0.0909. The number of rotatable bonds is 7. The molecule has 0 spiro atoms. The number of carbonyl (C=O) groups is 1. The Morgan fingerprint density at radius 2 is 1.90 bits per heavy atom. The van der Waals surface area contributed by atoms with Crippen LogP contribution in [-0.4, -0.2) is 19.7 Å². The van der Waals surface area contributed by atoms with Crippen molar-refractivity contribution < 1.29 is 18.3 Å². The lowest BCUT2D eigenvalue weighted by molar-refractivity contribution is 0.0473. The summed E-state index contributed by atoms with van der Waals surface area (Å²) in [4.78, 5) is 17.1. The summed E-state index contributed by atoms with van der Waals surface area (Å²) in [6.45, 7) is 5.55. The van der Waals surface area contributed by atoms with Gasteiger partial charge in [0.2, 0.25) is 0 Å². The van der Waals surface area contributed by atoms with Gasteiger partial charge in [0.1, 0.15) is 12.4 Å². The maximum Gasteiger partial charge on any atom is 0.340 e. The van der Waals surface area contributed by atoms with Crippen molar-refractivity contribution in [2.24, 2.45) is 0 Å².